The van der Waals surface area contributed by atoms with Crippen LogP contribution in [0.25, 0.3) is 0 Å². The standard InChI is InChI=1S/C30H50O9/c1-2-3-4-9-20-36-27(32)18-11-13-24(26-15-6-8-17-30(35)39-26)22-37-28(33)19-10-12-23(21-31)25-14-5-7-16-29(34)38-25/h23-26,31H,2-22H2,1H3. The highest BCUT2D eigenvalue weighted by Gasteiger charge is 2.29. The quantitative estimate of drug-likeness (QED) is 0.138. The van der Waals surface area contributed by atoms with Crippen molar-refractivity contribution in [1.82, 2.24) is 0 Å². The summed E-state index contributed by atoms with van der Waals surface area (Å²) in [5, 5.41) is 9.81. The fourth-order valence-electron chi connectivity index (χ4n) is 5.31. The fourth-order valence-corrected chi connectivity index (χ4v) is 5.31. The van der Waals surface area contributed by atoms with Crippen LogP contribution in [0.1, 0.15) is 122 Å². The van der Waals surface area contributed by atoms with E-state index in [0.29, 0.717) is 51.6 Å². The Morgan fingerprint density at radius 3 is 1.95 bits per heavy atom. The van der Waals surface area contributed by atoms with Crippen molar-refractivity contribution in [2.45, 2.75) is 135 Å². The summed E-state index contributed by atoms with van der Waals surface area (Å²) in [6.45, 7) is 2.62. The number of unbranched alkanes of at least 4 members (excludes halogenated alkanes) is 3. The van der Waals surface area contributed by atoms with Gasteiger partial charge in [-0.1, -0.05) is 26.2 Å². The van der Waals surface area contributed by atoms with Gasteiger partial charge in [0.15, 0.2) is 0 Å². The lowest BCUT2D eigenvalue weighted by Gasteiger charge is -2.26. The number of esters is 4. The normalized spacial score (nSPS) is 21.6. The summed E-state index contributed by atoms with van der Waals surface area (Å²) < 4.78 is 22.1. The molecule has 2 aliphatic heterocycles. The van der Waals surface area contributed by atoms with Gasteiger partial charge in [-0.2, -0.15) is 0 Å². The van der Waals surface area contributed by atoms with Crippen LogP contribution in [-0.2, 0) is 38.1 Å². The van der Waals surface area contributed by atoms with Crippen molar-refractivity contribution in [3.63, 3.8) is 0 Å². The van der Waals surface area contributed by atoms with E-state index in [-0.39, 0.29) is 74.0 Å². The Balaban J connectivity index is 1.77. The number of hydrogen-bond acceptors (Lipinski definition) is 9. The predicted octanol–water partition coefficient (Wildman–Crippen LogP) is 5.19. The van der Waals surface area contributed by atoms with E-state index in [9.17, 15) is 24.3 Å². The molecule has 0 radical (unpaired) electrons. The largest absolute Gasteiger partial charge is 0.466 e. The van der Waals surface area contributed by atoms with Gasteiger partial charge in [-0.25, -0.2) is 0 Å². The Morgan fingerprint density at radius 2 is 1.36 bits per heavy atom. The average molecular weight is 555 g/mol. The molecule has 9 nitrogen and oxygen atoms in total. The zero-order valence-corrected chi connectivity index (χ0v) is 23.9. The zero-order valence-electron chi connectivity index (χ0n) is 23.9. The molecule has 0 saturated carbocycles. The fraction of sp³-hybridized carbons (Fsp3) is 0.867. The van der Waals surface area contributed by atoms with Gasteiger partial charge in [0.25, 0.3) is 0 Å². The number of hydrogen-bond donors (Lipinski definition) is 1. The van der Waals surface area contributed by atoms with Gasteiger partial charge >= 0.3 is 23.9 Å². The Kier molecular flexibility index (Phi) is 16.8. The topological polar surface area (TPSA) is 125 Å². The van der Waals surface area contributed by atoms with Crippen LogP contribution >= 0.6 is 0 Å². The van der Waals surface area contributed by atoms with Crippen molar-refractivity contribution in [2.75, 3.05) is 19.8 Å². The summed E-state index contributed by atoms with van der Waals surface area (Å²) in [4.78, 5) is 48.5. The van der Waals surface area contributed by atoms with Crippen LogP contribution < -0.4 is 0 Å². The van der Waals surface area contributed by atoms with Gasteiger partial charge in [0.05, 0.1) is 13.2 Å². The van der Waals surface area contributed by atoms with E-state index in [0.717, 1.165) is 57.8 Å². The maximum Gasteiger partial charge on any atom is 0.306 e. The highest BCUT2D eigenvalue weighted by molar-refractivity contribution is 5.70. The van der Waals surface area contributed by atoms with E-state index >= 15 is 0 Å². The molecule has 9 heteroatoms. The smallest absolute Gasteiger partial charge is 0.306 e. The van der Waals surface area contributed by atoms with Crippen LogP contribution in [0.15, 0.2) is 0 Å². The van der Waals surface area contributed by atoms with Crippen molar-refractivity contribution < 1.29 is 43.2 Å². The maximum absolute atomic E-state index is 12.5. The van der Waals surface area contributed by atoms with Gasteiger partial charge < -0.3 is 24.1 Å². The number of rotatable bonds is 18. The lowest BCUT2D eigenvalue weighted by molar-refractivity contribution is -0.156. The highest BCUT2D eigenvalue weighted by atomic mass is 16.6. The molecule has 2 heterocycles. The summed E-state index contributed by atoms with van der Waals surface area (Å²) >= 11 is 0. The van der Waals surface area contributed by atoms with E-state index in [1.165, 1.54) is 0 Å². The minimum atomic E-state index is -0.346. The van der Waals surface area contributed by atoms with Crippen molar-refractivity contribution in [3.8, 4) is 0 Å². The second-order valence-electron chi connectivity index (χ2n) is 11.0. The Bertz CT molecular complexity index is 738. The zero-order chi connectivity index (χ0) is 28.3. The first kappa shape index (κ1) is 33.0. The summed E-state index contributed by atoms with van der Waals surface area (Å²) in [5.41, 5.74) is 0. The van der Waals surface area contributed by atoms with Crippen LogP contribution in [0, 0.1) is 11.8 Å². The molecular weight excluding hydrogens is 504 g/mol. The maximum atomic E-state index is 12.5. The van der Waals surface area contributed by atoms with Gasteiger partial charge in [0.2, 0.25) is 0 Å². The summed E-state index contributed by atoms with van der Waals surface area (Å²) in [6.07, 6.45) is 11.9. The molecule has 2 fully saturated rings. The molecule has 0 aliphatic carbocycles. The molecule has 224 valence electrons. The third-order valence-corrected chi connectivity index (χ3v) is 7.72. The molecule has 0 spiro atoms. The number of aliphatic hydroxyl groups excluding tert-OH is 1. The molecule has 39 heavy (non-hydrogen) atoms. The Labute approximate surface area is 233 Å². The van der Waals surface area contributed by atoms with E-state index in [1.807, 2.05) is 0 Å². The predicted molar refractivity (Wildman–Crippen MR) is 145 cm³/mol. The molecule has 2 rings (SSSR count). The first-order valence-electron chi connectivity index (χ1n) is 15.2. The molecule has 0 aromatic rings. The average Bonchev–Trinajstić information content (AvgIpc) is 3.27. The van der Waals surface area contributed by atoms with E-state index in [1.54, 1.807) is 0 Å². The molecule has 0 aromatic heterocycles. The molecule has 0 bridgehead atoms. The van der Waals surface area contributed by atoms with Crippen molar-refractivity contribution in [3.05, 3.63) is 0 Å². The molecule has 4 unspecified atom stereocenters. The number of cyclic esters (lactones) is 2. The number of ether oxygens (including phenoxy) is 4. The minimum absolute atomic E-state index is 0.0940. The Hall–Kier alpha value is -2.16. The molecule has 2 saturated heterocycles. The molecular formula is C30H50O9. The van der Waals surface area contributed by atoms with Gasteiger partial charge in [0.1, 0.15) is 12.2 Å². The number of carbonyl (C=O) groups excluding carboxylic acids is 4. The molecule has 0 aromatic carbocycles. The summed E-state index contributed by atoms with van der Waals surface area (Å²) in [6, 6.07) is 0. The molecule has 0 amide bonds. The number of aliphatic hydroxyl groups is 1. The first-order chi connectivity index (χ1) is 18.9. The summed E-state index contributed by atoms with van der Waals surface area (Å²) in [7, 11) is 0. The number of carbonyl (C=O) groups is 4. The van der Waals surface area contributed by atoms with Crippen molar-refractivity contribution in [1.29, 1.82) is 0 Å². The molecule has 4 atom stereocenters. The van der Waals surface area contributed by atoms with Crippen LogP contribution in [0.4, 0.5) is 0 Å². The molecule has 2 aliphatic rings. The summed E-state index contributed by atoms with van der Waals surface area (Å²) in [5.74, 6) is -1.39. The van der Waals surface area contributed by atoms with Crippen molar-refractivity contribution in [2.24, 2.45) is 11.8 Å². The Morgan fingerprint density at radius 1 is 0.795 bits per heavy atom. The van der Waals surface area contributed by atoms with Crippen LogP contribution in [0.2, 0.25) is 0 Å². The SMILES string of the molecule is CCCCCCOC(=O)CCCC(COC(=O)CCCC(CO)C1CCCCC(=O)O1)C1CCCCC(=O)O1. The van der Waals surface area contributed by atoms with Crippen LogP contribution in [-0.4, -0.2) is 61.0 Å². The third kappa shape index (κ3) is 14.2. The van der Waals surface area contributed by atoms with Gasteiger partial charge in [0, 0.05) is 44.1 Å². The van der Waals surface area contributed by atoms with Crippen molar-refractivity contribution >= 4 is 23.9 Å². The van der Waals surface area contributed by atoms with Crippen LogP contribution in [0.5, 0.6) is 0 Å². The lowest BCUT2D eigenvalue weighted by Crippen LogP contribution is -2.30. The van der Waals surface area contributed by atoms with E-state index in [4.69, 9.17) is 18.9 Å². The second-order valence-corrected chi connectivity index (χ2v) is 11.0. The van der Waals surface area contributed by atoms with Gasteiger partial charge in [-0.05, 0) is 70.6 Å². The minimum Gasteiger partial charge on any atom is -0.466 e. The monoisotopic (exact) mass is 554 g/mol. The lowest BCUT2D eigenvalue weighted by atomic mass is 9.93. The van der Waals surface area contributed by atoms with E-state index < -0.39 is 0 Å². The van der Waals surface area contributed by atoms with Crippen LogP contribution in [0.3, 0.4) is 0 Å². The van der Waals surface area contributed by atoms with Gasteiger partial charge in [-0.3, -0.25) is 19.2 Å². The second kappa shape index (κ2) is 19.8. The third-order valence-electron chi connectivity index (χ3n) is 7.72. The highest BCUT2D eigenvalue weighted by Crippen LogP contribution is 2.27. The molecule has 1 N–H and O–H groups in total. The van der Waals surface area contributed by atoms with Gasteiger partial charge in [-0.15, -0.1) is 0 Å². The first-order valence-corrected chi connectivity index (χ1v) is 15.2. The van der Waals surface area contributed by atoms with E-state index in [2.05, 4.69) is 6.92 Å².